The number of pyridine rings is 3. The third-order valence-corrected chi connectivity index (χ3v) is 6.24. The minimum absolute atomic E-state index is 0.135. The molecule has 194 valence electrons. The summed E-state index contributed by atoms with van der Waals surface area (Å²) in [6.45, 7) is 5.40. The van der Waals surface area contributed by atoms with Crippen LogP contribution < -0.4 is 5.32 Å². The minimum Gasteiger partial charge on any atom is -0.337 e. The summed E-state index contributed by atoms with van der Waals surface area (Å²) in [5.41, 5.74) is 3.09. The first-order valence-corrected chi connectivity index (χ1v) is 12.1. The second-order valence-corrected chi connectivity index (χ2v) is 10.1. The van der Waals surface area contributed by atoms with E-state index in [-0.39, 0.29) is 28.3 Å². The van der Waals surface area contributed by atoms with Crippen molar-refractivity contribution in [2.75, 3.05) is 5.32 Å². The Bertz CT molecular complexity index is 1890. The largest absolute Gasteiger partial charge is 0.337 e. The van der Waals surface area contributed by atoms with Crippen LogP contribution in [0.1, 0.15) is 20.8 Å². The molecule has 0 unspecified atom stereocenters. The van der Waals surface area contributed by atoms with Gasteiger partial charge < -0.3 is 10.3 Å². The van der Waals surface area contributed by atoms with E-state index in [1.807, 2.05) is 0 Å². The fraction of sp³-hybridized carbons (Fsp3) is 0.143. The summed E-state index contributed by atoms with van der Waals surface area (Å²) >= 11 is 0. The molecule has 0 saturated carbocycles. The Labute approximate surface area is 220 Å². The van der Waals surface area contributed by atoms with Crippen molar-refractivity contribution in [3.63, 3.8) is 0 Å². The number of amides is 1. The minimum atomic E-state index is -0.607. The molecule has 0 fully saturated rings. The number of imidazole rings is 1. The molecule has 39 heavy (non-hydrogen) atoms. The molecule has 0 aliphatic carbocycles. The van der Waals surface area contributed by atoms with Crippen molar-refractivity contribution in [1.82, 2.24) is 35.1 Å². The maximum absolute atomic E-state index is 16.1. The molecule has 0 aliphatic rings. The van der Waals surface area contributed by atoms with Gasteiger partial charge in [0.1, 0.15) is 22.8 Å². The lowest BCUT2D eigenvalue weighted by molar-refractivity contribution is -0.123. The zero-order valence-electron chi connectivity index (χ0n) is 21.2. The number of rotatable bonds is 4. The molecule has 0 atom stereocenters. The van der Waals surface area contributed by atoms with Gasteiger partial charge >= 0.3 is 0 Å². The van der Waals surface area contributed by atoms with Crippen molar-refractivity contribution in [3.8, 4) is 33.9 Å². The predicted molar refractivity (Wildman–Crippen MR) is 143 cm³/mol. The SMILES string of the molecule is CC(C)(C)C(=O)Nc1cncc(-c2cnc3n[nH]c(-c4nc5c(-c6cccc(F)c6)nccc5[nH]4)c3c2F)c1. The third kappa shape index (κ3) is 4.37. The fourth-order valence-corrected chi connectivity index (χ4v) is 4.20. The average molecular weight is 525 g/mol. The zero-order valence-corrected chi connectivity index (χ0v) is 21.2. The maximum atomic E-state index is 16.1. The normalized spacial score (nSPS) is 11.8. The molecule has 5 heterocycles. The van der Waals surface area contributed by atoms with Crippen LogP contribution in [0, 0.1) is 17.0 Å². The van der Waals surface area contributed by atoms with Crippen molar-refractivity contribution in [2.45, 2.75) is 20.8 Å². The van der Waals surface area contributed by atoms with Gasteiger partial charge in [-0.25, -0.2) is 18.7 Å². The molecule has 6 aromatic rings. The van der Waals surface area contributed by atoms with Crippen LogP contribution in [0.15, 0.2) is 61.2 Å². The summed E-state index contributed by atoms with van der Waals surface area (Å²) in [6.07, 6.45) is 5.96. The number of carbonyl (C=O) groups excluding carboxylic acids is 1. The van der Waals surface area contributed by atoms with Crippen molar-refractivity contribution in [3.05, 3.63) is 72.8 Å². The van der Waals surface area contributed by atoms with Crippen molar-refractivity contribution in [2.24, 2.45) is 5.41 Å². The van der Waals surface area contributed by atoms with Gasteiger partial charge in [-0.15, -0.1) is 0 Å². The van der Waals surface area contributed by atoms with E-state index in [0.29, 0.717) is 45.1 Å². The second kappa shape index (κ2) is 9.05. The molecule has 1 aromatic carbocycles. The van der Waals surface area contributed by atoms with Crippen molar-refractivity contribution in [1.29, 1.82) is 0 Å². The zero-order chi connectivity index (χ0) is 27.3. The van der Waals surface area contributed by atoms with Crippen LogP contribution in [0.25, 0.3) is 56.0 Å². The summed E-state index contributed by atoms with van der Waals surface area (Å²) in [7, 11) is 0. The van der Waals surface area contributed by atoms with Gasteiger partial charge in [0.25, 0.3) is 0 Å². The van der Waals surface area contributed by atoms with Gasteiger partial charge in [0, 0.05) is 40.7 Å². The Morgan fingerprint density at radius 1 is 1.00 bits per heavy atom. The highest BCUT2D eigenvalue weighted by Gasteiger charge is 2.23. The van der Waals surface area contributed by atoms with Gasteiger partial charge in [0.2, 0.25) is 5.91 Å². The highest BCUT2D eigenvalue weighted by atomic mass is 19.1. The average Bonchev–Trinajstić information content (AvgIpc) is 3.53. The van der Waals surface area contributed by atoms with Gasteiger partial charge in [-0.1, -0.05) is 32.9 Å². The number of benzene rings is 1. The molecular weight excluding hydrogens is 502 g/mol. The Morgan fingerprint density at radius 3 is 2.64 bits per heavy atom. The van der Waals surface area contributed by atoms with Crippen LogP contribution in [0.5, 0.6) is 0 Å². The van der Waals surface area contributed by atoms with E-state index in [4.69, 9.17) is 0 Å². The van der Waals surface area contributed by atoms with Crippen LogP contribution in [0.4, 0.5) is 14.5 Å². The molecule has 1 amide bonds. The summed E-state index contributed by atoms with van der Waals surface area (Å²) < 4.78 is 29.9. The highest BCUT2D eigenvalue weighted by molar-refractivity contribution is 5.97. The summed E-state index contributed by atoms with van der Waals surface area (Å²) in [4.78, 5) is 33.2. The molecule has 3 N–H and O–H groups in total. The fourth-order valence-electron chi connectivity index (χ4n) is 4.20. The predicted octanol–water partition coefficient (Wildman–Crippen LogP) is 5.89. The lowest BCUT2D eigenvalue weighted by Gasteiger charge is -2.17. The van der Waals surface area contributed by atoms with E-state index in [1.54, 1.807) is 51.2 Å². The lowest BCUT2D eigenvalue weighted by Crippen LogP contribution is -2.27. The number of H-pyrrole nitrogens is 2. The van der Waals surface area contributed by atoms with Crippen LogP contribution in [0.2, 0.25) is 0 Å². The second-order valence-electron chi connectivity index (χ2n) is 10.1. The number of aromatic amines is 2. The first-order valence-electron chi connectivity index (χ1n) is 12.1. The van der Waals surface area contributed by atoms with Crippen LogP contribution in [-0.4, -0.2) is 41.0 Å². The number of hydrogen-bond donors (Lipinski definition) is 3. The number of anilines is 1. The van der Waals surface area contributed by atoms with Crippen molar-refractivity contribution >= 4 is 33.7 Å². The van der Waals surface area contributed by atoms with Crippen molar-refractivity contribution < 1.29 is 13.6 Å². The van der Waals surface area contributed by atoms with Gasteiger partial charge in [-0.3, -0.25) is 19.9 Å². The number of nitrogens with one attached hydrogen (secondary N) is 3. The summed E-state index contributed by atoms with van der Waals surface area (Å²) in [6, 6.07) is 9.45. The molecule has 5 aromatic heterocycles. The summed E-state index contributed by atoms with van der Waals surface area (Å²) in [5, 5.41) is 9.94. The third-order valence-electron chi connectivity index (χ3n) is 6.24. The Balaban J connectivity index is 1.44. The Hall–Kier alpha value is -5.06. The van der Waals surface area contributed by atoms with Gasteiger partial charge in [-0.05, 0) is 24.3 Å². The molecule has 11 heteroatoms. The van der Waals surface area contributed by atoms with E-state index in [2.05, 4.69) is 40.4 Å². The Kier molecular flexibility index (Phi) is 5.63. The molecule has 0 spiro atoms. The van der Waals surface area contributed by atoms with E-state index in [0.717, 1.165) is 0 Å². The van der Waals surface area contributed by atoms with Gasteiger partial charge in [-0.2, -0.15) is 5.10 Å². The molecule has 0 aliphatic heterocycles. The first-order chi connectivity index (χ1) is 18.7. The first kappa shape index (κ1) is 24.3. The van der Waals surface area contributed by atoms with Crippen LogP contribution in [0.3, 0.4) is 0 Å². The number of carbonyl (C=O) groups is 1. The van der Waals surface area contributed by atoms with Crippen LogP contribution >= 0.6 is 0 Å². The number of hydrogen-bond acceptors (Lipinski definition) is 6. The van der Waals surface area contributed by atoms with Crippen LogP contribution in [-0.2, 0) is 4.79 Å². The van der Waals surface area contributed by atoms with E-state index < -0.39 is 11.2 Å². The van der Waals surface area contributed by atoms with E-state index >= 15 is 4.39 Å². The lowest BCUT2D eigenvalue weighted by atomic mass is 9.95. The highest BCUT2D eigenvalue weighted by Crippen LogP contribution is 2.34. The number of halogens is 2. The molecule has 6 rings (SSSR count). The molecule has 0 saturated heterocycles. The van der Waals surface area contributed by atoms with Gasteiger partial charge in [0.05, 0.1) is 28.5 Å². The quantitative estimate of drug-likeness (QED) is 0.264. The van der Waals surface area contributed by atoms with Gasteiger partial charge in [0.15, 0.2) is 11.5 Å². The van der Waals surface area contributed by atoms with E-state index in [1.165, 1.54) is 30.7 Å². The molecular formula is C28H22F2N8O. The topological polar surface area (TPSA) is 125 Å². The number of fused-ring (bicyclic) bond motifs is 2. The molecule has 0 bridgehead atoms. The standard InChI is InChI=1S/C28H22F2N8O/c1-28(2,3)27(39)34-17-10-15(11-31-12-17)18-13-33-25-20(21(18)30)24(37-38-25)26-35-19-7-8-32-22(23(19)36-26)14-5-4-6-16(29)9-14/h4-13H,1-3H3,(H,34,39)(H,35,36)(H,33,37,38). The number of nitrogens with zero attached hydrogens (tertiary/aromatic N) is 5. The van der Waals surface area contributed by atoms with E-state index in [9.17, 15) is 9.18 Å². The number of aromatic nitrogens is 7. The maximum Gasteiger partial charge on any atom is 0.229 e. The monoisotopic (exact) mass is 524 g/mol. The molecule has 9 nitrogen and oxygen atoms in total. The summed E-state index contributed by atoms with van der Waals surface area (Å²) in [5.74, 6) is -0.836. The Morgan fingerprint density at radius 2 is 1.85 bits per heavy atom. The molecule has 0 radical (unpaired) electrons. The smallest absolute Gasteiger partial charge is 0.229 e.